The van der Waals surface area contributed by atoms with E-state index in [1.807, 2.05) is 0 Å². The molecule has 0 atom stereocenters. The van der Waals surface area contributed by atoms with Crippen LogP contribution in [0.1, 0.15) is 23.6 Å². The van der Waals surface area contributed by atoms with E-state index in [0.29, 0.717) is 6.29 Å². The summed E-state index contributed by atoms with van der Waals surface area (Å²) >= 11 is 0. The second-order valence-electron chi connectivity index (χ2n) is 2.54. The minimum Gasteiger partial charge on any atom is -1.00 e. The second kappa shape index (κ2) is 5.57. The number of carboxylic acid groups (broad SMARTS) is 1. The monoisotopic (exact) mass is 222 g/mol. The Morgan fingerprint density at radius 1 is 1.53 bits per heavy atom. The fourth-order valence-corrected chi connectivity index (χ4v) is 1.02. The largest absolute Gasteiger partial charge is 2.00 e. The van der Waals surface area contributed by atoms with Crippen molar-refractivity contribution >= 4 is 35.3 Å². The summed E-state index contributed by atoms with van der Waals surface area (Å²) in [5.41, 5.74) is -0.219. The van der Waals surface area contributed by atoms with Crippen LogP contribution in [0.3, 0.4) is 0 Å². The van der Waals surface area contributed by atoms with Gasteiger partial charge in [-0.1, -0.05) is 0 Å². The summed E-state index contributed by atoms with van der Waals surface area (Å²) in [5.74, 6) is -1.83. The number of methoxy groups -OCH3 is 1. The number of aromatic carboxylic acids is 1. The first-order chi connectivity index (χ1) is 6.60. The molecular formula is C9H10MgO5. The fraction of sp³-hybridized carbons (Fsp3) is 0.111. The molecule has 0 bridgehead atoms. The maximum absolute atomic E-state index is 10.6. The van der Waals surface area contributed by atoms with Gasteiger partial charge in [0.05, 0.1) is 7.11 Å². The molecule has 6 heteroatoms. The number of aldehydes is 1. The van der Waals surface area contributed by atoms with E-state index in [-0.39, 0.29) is 42.8 Å². The van der Waals surface area contributed by atoms with Crippen LogP contribution in [-0.4, -0.2) is 52.6 Å². The molecule has 0 unspecified atom stereocenters. The van der Waals surface area contributed by atoms with Gasteiger partial charge in [-0.2, -0.15) is 0 Å². The molecule has 15 heavy (non-hydrogen) atoms. The van der Waals surface area contributed by atoms with E-state index in [4.69, 9.17) is 9.84 Å². The molecule has 0 aliphatic rings. The maximum atomic E-state index is 10.6. The van der Waals surface area contributed by atoms with Crippen LogP contribution in [0.15, 0.2) is 12.1 Å². The number of carbonyl (C=O) groups excluding carboxylic acids is 1. The Hall–Kier alpha value is -1.27. The van der Waals surface area contributed by atoms with Gasteiger partial charge in [0, 0.05) is 5.56 Å². The van der Waals surface area contributed by atoms with Crippen molar-refractivity contribution < 1.29 is 27.4 Å². The minimum absolute atomic E-state index is 0. The topological polar surface area (TPSA) is 83.8 Å². The summed E-state index contributed by atoms with van der Waals surface area (Å²) in [7, 11) is 1.27. The van der Waals surface area contributed by atoms with Gasteiger partial charge in [-0.15, -0.1) is 0 Å². The van der Waals surface area contributed by atoms with Crippen LogP contribution >= 0.6 is 0 Å². The number of rotatable bonds is 3. The Bertz CT molecular complexity index is 397. The number of hydrogen-bond donors (Lipinski definition) is 2. The molecule has 1 aromatic rings. The number of ether oxygens (including phenoxy) is 1. The first-order valence-electron chi connectivity index (χ1n) is 3.69. The van der Waals surface area contributed by atoms with Crippen molar-refractivity contribution in [3.8, 4) is 11.5 Å². The molecule has 0 radical (unpaired) electrons. The van der Waals surface area contributed by atoms with Gasteiger partial charge in [0.2, 0.25) is 0 Å². The van der Waals surface area contributed by atoms with E-state index in [2.05, 4.69) is 0 Å². The maximum Gasteiger partial charge on any atom is 2.00 e. The Morgan fingerprint density at radius 2 is 2.13 bits per heavy atom. The summed E-state index contributed by atoms with van der Waals surface area (Å²) in [6, 6.07) is 2.34. The van der Waals surface area contributed by atoms with Crippen molar-refractivity contribution in [1.29, 1.82) is 0 Å². The van der Waals surface area contributed by atoms with Gasteiger partial charge in [-0.05, 0) is 12.1 Å². The van der Waals surface area contributed by atoms with Gasteiger partial charge in [0.15, 0.2) is 11.5 Å². The summed E-state index contributed by atoms with van der Waals surface area (Å²) in [6.45, 7) is 0. The molecule has 78 valence electrons. The number of carboxylic acids is 1. The van der Waals surface area contributed by atoms with Crippen molar-refractivity contribution in [2.24, 2.45) is 0 Å². The van der Waals surface area contributed by atoms with E-state index in [9.17, 15) is 14.7 Å². The zero-order valence-corrected chi connectivity index (χ0v) is 9.47. The quantitative estimate of drug-likeness (QED) is 0.582. The predicted octanol–water partition coefficient (Wildman–Crippen LogP) is 0.756. The van der Waals surface area contributed by atoms with E-state index < -0.39 is 11.7 Å². The molecule has 0 spiro atoms. The van der Waals surface area contributed by atoms with Crippen molar-refractivity contribution in [1.82, 2.24) is 0 Å². The number of aromatic hydroxyl groups is 1. The minimum atomic E-state index is -1.32. The van der Waals surface area contributed by atoms with Gasteiger partial charge < -0.3 is 17.8 Å². The molecule has 0 fully saturated rings. The second-order valence-corrected chi connectivity index (χ2v) is 2.54. The molecule has 1 aromatic carbocycles. The van der Waals surface area contributed by atoms with Crippen LogP contribution in [0.5, 0.6) is 11.5 Å². The summed E-state index contributed by atoms with van der Waals surface area (Å²) in [5, 5.41) is 18.0. The van der Waals surface area contributed by atoms with E-state index in [0.717, 1.165) is 6.07 Å². The Kier molecular flexibility index (Phi) is 5.10. The third-order valence-corrected chi connectivity index (χ3v) is 1.68. The third-order valence-electron chi connectivity index (χ3n) is 1.68. The van der Waals surface area contributed by atoms with Crippen LogP contribution in [0.25, 0.3) is 0 Å². The average molecular weight is 222 g/mol. The number of phenols is 1. The van der Waals surface area contributed by atoms with Crippen molar-refractivity contribution in [2.45, 2.75) is 0 Å². The Balaban J connectivity index is -0.000000653. The molecule has 0 heterocycles. The van der Waals surface area contributed by atoms with Crippen LogP contribution in [0.4, 0.5) is 0 Å². The SMILES string of the molecule is COc1cc(C=O)cc(C(=O)O)c1O.[H-].[H-].[Mg+2]. The van der Waals surface area contributed by atoms with E-state index in [1.54, 1.807) is 0 Å². The van der Waals surface area contributed by atoms with Crippen molar-refractivity contribution in [3.63, 3.8) is 0 Å². The zero-order valence-electron chi connectivity index (χ0n) is 10.1. The van der Waals surface area contributed by atoms with Gasteiger partial charge >= 0.3 is 29.0 Å². The van der Waals surface area contributed by atoms with Gasteiger partial charge in [-0.25, -0.2) is 4.79 Å². The van der Waals surface area contributed by atoms with Crippen molar-refractivity contribution in [2.75, 3.05) is 7.11 Å². The molecule has 0 saturated carbocycles. The summed E-state index contributed by atoms with van der Waals surface area (Å²) in [4.78, 5) is 21.1. The van der Waals surface area contributed by atoms with Gasteiger partial charge in [0.25, 0.3) is 0 Å². The molecule has 0 saturated heterocycles. The third kappa shape index (κ3) is 2.83. The smallest absolute Gasteiger partial charge is 1.00 e. The van der Waals surface area contributed by atoms with E-state index >= 15 is 0 Å². The molecule has 0 aliphatic carbocycles. The predicted molar refractivity (Wildman–Crippen MR) is 55.0 cm³/mol. The molecule has 0 aliphatic heterocycles. The molecular weight excluding hydrogens is 212 g/mol. The number of hydrogen-bond acceptors (Lipinski definition) is 4. The number of carbonyl (C=O) groups is 2. The van der Waals surface area contributed by atoms with Crippen molar-refractivity contribution in [3.05, 3.63) is 23.3 Å². The molecule has 0 aromatic heterocycles. The zero-order chi connectivity index (χ0) is 10.7. The van der Waals surface area contributed by atoms with Crippen LogP contribution in [0, 0.1) is 0 Å². The summed E-state index contributed by atoms with van der Waals surface area (Å²) < 4.78 is 4.71. The first kappa shape index (κ1) is 13.7. The molecule has 1 rings (SSSR count). The average Bonchev–Trinajstić information content (AvgIpc) is 2.17. The van der Waals surface area contributed by atoms with Crippen LogP contribution in [0.2, 0.25) is 0 Å². The Labute approximate surface area is 105 Å². The first-order valence-corrected chi connectivity index (χ1v) is 3.69. The standard InChI is InChI=1S/C9H8O5.Mg.2H/c1-14-7-3-5(4-10)2-6(8(7)11)9(12)13;;;/h2-4,11H,1H3,(H,12,13);;;/q;+2;2*-1. The molecule has 0 amide bonds. The van der Waals surface area contributed by atoms with Crippen LogP contribution < -0.4 is 4.74 Å². The fourth-order valence-electron chi connectivity index (χ4n) is 1.02. The van der Waals surface area contributed by atoms with Gasteiger partial charge in [-0.3, -0.25) is 4.79 Å². The number of benzene rings is 1. The van der Waals surface area contributed by atoms with Gasteiger partial charge in [0.1, 0.15) is 11.8 Å². The summed E-state index contributed by atoms with van der Waals surface area (Å²) in [6.07, 6.45) is 0.481. The normalized spacial score (nSPS) is 8.87. The van der Waals surface area contributed by atoms with Crippen LogP contribution in [-0.2, 0) is 0 Å². The molecule has 2 N–H and O–H groups in total. The van der Waals surface area contributed by atoms with E-state index in [1.165, 1.54) is 13.2 Å². The Morgan fingerprint density at radius 3 is 2.53 bits per heavy atom. The molecule has 5 nitrogen and oxygen atoms in total.